The Kier molecular flexibility index (Phi) is 8.01. The minimum absolute atomic E-state index is 0.0479. The molecule has 1 amide bonds. The minimum Gasteiger partial charge on any atom is -0.475 e. The van der Waals surface area contributed by atoms with Gasteiger partial charge in [0, 0.05) is 22.4 Å². The molecule has 3 aromatic carbocycles. The molecule has 0 unspecified atom stereocenters. The number of aliphatic carboxylic acids is 1. The maximum Gasteiger partial charge on any atom is 0.490 e. The molecule has 0 bridgehead atoms. The number of fused-ring (bicyclic) bond motifs is 1. The van der Waals surface area contributed by atoms with E-state index in [2.05, 4.69) is 17.2 Å². The lowest BCUT2D eigenvalue weighted by atomic mass is 10.0. The van der Waals surface area contributed by atoms with E-state index in [-0.39, 0.29) is 18.3 Å². The number of amides is 1. The highest BCUT2D eigenvalue weighted by Gasteiger charge is 2.38. The quantitative estimate of drug-likeness (QED) is 0.178. The van der Waals surface area contributed by atoms with Crippen molar-refractivity contribution in [3.63, 3.8) is 0 Å². The molecular formula is C23H19F3N4O3. The molecule has 0 saturated carbocycles. The number of hydrogen-bond acceptors (Lipinski definition) is 4. The van der Waals surface area contributed by atoms with Crippen LogP contribution in [0, 0.1) is 17.3 Å². The Hall–Kier alpha value is -4.52. The average molecular weight is 456 g/mol. The van der Waals surface area contributed by atoms with Crippen molar-refractivity contribution in [3.05, 3.63) is 77.4 Å². The minimum atomic E-state index is -5.08. The smallest absolute Gasteiger partial charge is 0.475 e. The van der Waals surface area contributed by atoms with Crippen molar-refractivity contribution in [3.8, 4) is 11.8 Å². The van der Waals surface area contributed by atoms with Gasteiger partial charge in [0.25, 0.3) is 5.91 Å². The van der Waals surface area contributed by atoms with Crippen LogP contribution >= 0.6 is 0 Å². The first-order chi connectivity index (χ1) is 15.5. The van der Waals surface area contributed by atoms with Crippen molar-refractivity contribution in [2.24, 2.45) is 5.73 Å². The number of carboxylic acids is 1. The van der Waals surface area contributed by atoms with E-state index >= 15 is 0 Å². The number of alkyl halides is 3. The van der Waals surface area contributed by atoms with Crippen molar-refractivity contribution < 1.29 is 27.9 Å². The third kappa shape index (κ3) is 7.59. The molecule has 170 valence electrons. The number of carbonyl (C=O) groups excluding carboxylic acids is 1. The number of nitrogens with one attached hydrogen (secondary N) is 2. The van der Waals surface area contributed by atoms with Gasteiger partial charge in [-0.25, -0.2) is 4.79 Å². The van der Waals surface area contributed by atoms with E-state index in [1.165, 1.54) is 0 Å². The molecule has 0 saturated heterocycles. The van der Waals surface area contributed by atoms with E-state index in [0.29, 0.717) is 16.8 Å². The maximum absolute atomic E-state index is 12.0. The van der Waals surface area contributed by atoms with Crippen LogP contribution in [0.5, 0.6) is 0 Å². The highest BCUT2D eigenvalue weighted by Crippen LogP contribution is 2.17. The molecule has 7 N–H and O–H groups in total. The Morgan fingerprint density at radius 1 is 1.00 bits per heavy atom. The number of anilines is 1. The summed E-state index contributed by atoms with van der Waals surface area (Å²) in [6, 6.07) is 18.2. The molecule has 0 aliphatic heterocycles. The molecule has 7 nitrogen and oxygen atoms in total. The molecule has 0 spiro atoms. The number of hydrogen-bond donors (Lipinski definition) is 5. The molecule has 10 heteroatoms. The summed E-state index contributed by atoms with van der Waals surface area (Å²) in [7, 11) is 0. The summed E-state index contributed by atoms with van der Waals surface area (Å²) in [5.74, 6) is 3.06. The fraction of sp³-hybridized carbons (Fsp3) is 0.0870. The molecule has 0 aliphatic rings. The Balaban J connectivity index is 0.000000479. The van der Waals surface area contributed by atoms with E-state index in [1.807, 2.05) is 36.4 Å². The number of benzene rings is 3. The zero-order valence-electron chi connectivity index (χ0n) is 17.0. The van der Waals surface area contributed by atoms with Crippen molar-refractivity contribution in [1.29, 1.82) is 5.41 Å². The van der Waals surface area contributed by atoms with Gasteiger partial charge in [0.05, 0.1) is 6.54 Å². The number of rotatable bonds is 3. The summed E-state index contributed by atoms with van der Waals surface area (Å²) >= 11 is 0. The first-order valence-electron chi connectivity index (χ1n) is 9.28. The highest BCUT2D eigenvalue weighted by atomic mass is 19.4. The monoisotopic (exact) mass is 456 g/mol. The van der Waals surface area contributed by atoms with Crippen LogP contribution in [0.2, 0.25) is 0 Å². The van der Waals surface area contributed by atoms with Crippen LogP contribution < -0.4 is 16.8 Å². The summed E-state index contributed by atoms with van der Waals surface area (Å²) < 4.78 is 31.7. The molecule has 3 rings (SSSR count). The van der Waals surface area contributed by atoms with Gasteiger partial charge < -0.3 is 21.9 Å². The van der Waals surface area contributed by atoms with Gasteiger partial charge in [-0.2, -0.15) is 13.2 Å². The van der Waals surface area contributed by atoms with Gasteiger partial charge in [-0.3, -0.25) is 10.2 Å². The van der Waals surface area contributed by atoms with Gasteiger partial charge in [0.2, 0.25) is 0 Å². The Morgan fingerprint density at radius 3 is 2.24 bits per heavy atom. The molecule has 0 aromatic heterocycles. The Bertz CT molecular complexity index is 1260. The summed E-state index contributed by atoms with van der Waals surface area (Å²) in [4.78, 5) is 20.9. The van der Waals surface area contributed by atoms with Gasteiger partial charge in [0.1, 0.15) is 5.84 Å². The number of halogens is 3. The van der Waals surface area contributed by atoms with Crippen LogP contribution in [0.15, 0.2) is 60.7 Å². The molecule has 0 fully saturated rings. The third-order valence-electron chi connectivity index (χ3n) is 4.11. The third-order valence-corrected chi connectivity index (χ3v) is 4.11. The van der Waals surface area contributed by atoms with E-state index in [4.69, 9.17) is 26.8 Å². The second kappa shape index (κ2) is 10.7. The molecule has 0 atom stereocenters. The lowest BCUT2D eigenvalue weighted by Crippen LogP contribution is -2.23. The molecule has 0 aliphatic carbocycles. The SMILES string of the molecule is N=C(N)c1ccc2cc(C#CCNC(=O)c3cccc(N)c3)ccc2c1.O=C(O)C(F)(F)F. The average Bonchev–Trinajstić information content (AvgIpc) is 2.75. The maximum atomic E-state index is 12.0. The van der Waals surface area contributed by atoms with E-state index in [0.717, 1.165) is 16.3 Å². The van der Waals surface area contributed by atoms with Crippen LogP contribution in [0.1, 0.15) is 21.5 Å². The fourth-order valence-electron chi connectivity index (χ4n) is 2.54. The summed E-state index contributed by atoms with van der Waals surface area (Å²) in [5.41, 5.74) is 13.8. The van der Waals surface area contributed by atoms with Gasteiger partial charge in [-0.15, -0.1) is 0 Å². The fourth-order valence-corrected chi connectivity index (χ4v) is 2.54. The van der Waals surface area contributed by atoms with Gasteiger partial charge in [-0.05, 0) is 47.2 Å². The number of nitrogen functional groups attached to an aromatic ring is 2. The number of nitrogens with two attached hydrogens (primary N) is 2. The lowest BCUT2D eigenvalue weighted by Gasteiger charge is -2.03. The van der Waals surface area contributed by atoms with Crippen molar-refractivity contribution in [2.45, 2.75) is 6.18 Å². The second-order valence-corrected chi connectivity index (χ2v) is 6.60. The largest absolute Gasteiger partial charge is 0.490 e. The van der Waals surface area contributed by atoms with Crippen LogP contribution in [0.25, 0.3) is 10.8 Å². The van der Waals surface area contributed by atoms with E-state index in [1.54, 1.807) is 24.3 Å². The van der Waals surface area contributed by atoms with E-state index < -0.39 is 12.1 Å². The van der Waals surface area contributed by atoms with Crippen LogP contribution in [0.4, 0.5) is 18.9 Å². The molecule has 33 heavy (non-hydrogen) atoms. The number of amidine groups is 1. The van der Waals surface area contributed by atoms with Gasteiger partial charge in [0.15, 0.2) is 0 Å². The first-order valence-corrected chi connectivity index (χ1v) is 9.28. The topological polar surface area (TPSA) is 142 Å². The normalized spacial score (nSPS) is 10.3. The molecule has 0 heterocycles. The molecule has 0 radical (unpaired) electrons. The zero-order chi connectivity index (χ0) is 24.6. The summed E-state index contributed by atoms with van der Waals surface area (Å²) in [5, 5.41) is 19.4. The van der Waals surface area contributed by atoms with Crippen molar-refractivity contribution >= 4 is 34.2 Å². The standard InChI is InChI=1S/C21H18N4O.C2HF3O2/c22-19-5-1-4-18(13-19)21(26)25-10-2-3-14-6-7-16-12-17(20(23)24)9-8-15(16)11-14;3-2(4,5)1(6)7/h1,4-9,11-13H,10,22H2,(H3,23,24)(H,25,26);(H,6,7). The molecule has 3 aromatic rings. The van der Waals surface area contributed by atoms with Gasteiger partial charge >= 0.3 is 12.1 Å². The first kappa shape index (κ1) is 24.7. The van der Waals surface area contributed by atoms with Crippen LogP contribution in [-0.2, 0) is 4.79 Å². The number of carboxylic acid groups (broad SMARTS) is 1. The Morgan fingerprint density at radius 2 is 1.64 bits per heavy atom. The summed E-state index contributed by atoms with van der Waals surface area (Å²) in [6.45, 7) is 0.245. The summed E-state index contributed by atoms with van der Waals surface area (Å²) in [6.07, 6.45) is -5.08. The van der Waals surface area contributed by atoms with Gasteiger partial charge in [-0.1, -0.05) is 36.1 Å². The number of carbonyl (C=O) groups is 2. The molecular weight excluding hydrogens is 437 g/mol. The predicted octanol–water partition coefficient (Wildman–Crippen LogP) is 3.12. The van der Waals surface area contributed by atoms with E-state index in [9.17, 15) is 18.0 Å². The van der Waals surface area contributed by atoms with Crippen molar-refractivity contribution in [1.82, 2.24) is 5.32 Å². The van der Waals surface area contributed by atoms with Crippen molar-refractivity contribution in [2.75, 3.05) is 12.3 Å². The Labute approximate surface area is 186 Å². The lowest BCUT2D eigenvalue weighted by molar-refractivity contribution is -0.192. The van der Waals surface area contributed by atoms with Crippen LogP contribution in [-0.4, -0.2) is 35.5 Å². The predicted molar refractivity (Wildman–Crippen MR) is 119 cm³/mol. The zero-order valence-corrected chi connectivity index (χ0v) is 17.0. The second-order valence-electron chi connectivity index (χ2n) is 6.60. The highest BCUT2D eigenvalue weighted by molar-refractivity contribution is 5.99. The van der Waals surface area contributed by atoms with Crippen LogP contribution in [0.3, 0.4) is 0 Å².